The molecule has 0 aromatic carbocycles. The third-order valence-corrected chi connectivity index (χ3v) is 3.69. The minimum Gasteiger partial charge on any atom is -0.478 e. The number of carboxylic acids is 1. The Morgan fingerprint density at radius 1 is 1.23 bits per heavy atom. The van der Waals surface area contributed by atoms with Gasteiger partial charge in [0.05, 0.1) is 0 Å². The van der Waals surface area contributed by atoms with Crippen molar-refractivity contribution in [3.05, 3.63) is 70.9 Å². The fourth-order valence-electron chi connectivity index (χ4n) is 2.50. The van der Waals surface area contributed by atoms with Gasteiger partial charge in [0.1, 0.15) is 0 Å². The number of rotatable bonds is 5. The van der Waals surface area contributed by atoms with Crippen molar-refractivity contribution in [1.82, 2.24) is 0 Å². The highest BCUT2D eigenvalue weighted by Gasteiger charge is 2.22. The Labute approximate surface area is 133 Å². The highest BCUT2D eigenvalue weighted by molar-refractivity contribution is 5.81. The van der Waals surface area contributed by atoms with Crippen molar-refractivity contribution in [2.24, 2.45) is 5.41 Å². The van der Waals surface area contributed by atoms with Gasteiger partial charge in [-0.3, -0.25) is 0 Å². The summed E-state index contributed by atoms with van der Waals surface area (Å²) in [5.74, 6) is -0.919. The van der Waals surface area contributed by atoms with Crippen LogP contribution in [0.1, 0.15) is 41.0 Å². The predicted molar refractivity (Wildman–Crippen MR) is 93.7 cm³/mol. The highest BCUT2D eigenvalue weighted by atomic mass is 16.4. The zero-order valence-corrected chi connectivity index (χ0v) is 14.2. The van der Waals surface area contributed by atoms with E-state index in [4.69, 9.17) is 5.11 Å². The number of carboxylic acid groups (broad SMARTS) is 1. The average Bonchev–Trinajstić information content (AvgIpc) is 2.36. The lowest BCUT2D eigenvalue weighted by Crippen LogP contribution is -2.14. The molecule has 0 heterocycles. The first-order chi connectivity index (χ1) is 10.2. The van der Waals surface area contributed by atoms with Crippen LogP contribution in [0.3, 0.4) is 0 Å². The largest absolute Gasteiger partial charge is 0.478 e. The molecule has 1 aliphatic carbocycles. The fourth-order valence-corrected chi connectivity index (χ4v) is 2.50. The van der Waals surface area contributed by atoms with Gasteiger partial charge >= 0.3 is 5.97 Å². The van der Waals surface area contributed by atoms with Gasteiger partial charge in [0.15, 0.2) is 0 Å². The lowest BCUT2D eigenvalue weighted by molar-refractivity contribution is -0.131. The molecule has 0 saturated heterocycles. The van der Waals surface area contributed by atoms with Crippen LogP contribution in [0, 0.1) is 5.41 Å². The van der Waals surface area contributed by atoms with Gasteiger partial charge in [-0.25, -0.2) is 4.79 Å². The maximum absolute atomic E-state index is 10.5. The van der Waals surface area contributed by atoms with Crippen molar-refractivity contribution in [2.45, 2.75) is 41.0 Å². The summed E-state index contributed by atoms with van der Waals surface area (Å²) >= 11 is 0. The van der Waals surface area contributed by atoms with Gasteiger partial charge < -0.3 is 5.11 Å². The SMILES string of the molecule is CC1=C(/C=C/C(C)=C/C=C/C(C)=C/C(=O)O)C(C)(C)C=CC1. The molecule has 0 saturated carbocycles. The van der Waals surface area contributed by atoms with Crippen LogP contribution in [0.5, 0.6) is 0 Å². The lowest BCUT2D eigenvalue weighted by atomic mass is 9.77. The Hall–Kier alpha value is -2.09. The third kappa shape index (κ3) is 5.72. The van der Waals surface area contributed by atoms with Crippen LogP contribution >= 0.6 is 0 Å². The molecule has 0 radical (unpaired) electrons. The summed E-state index contributed by atoms with van der Waals surface area (Å²) in [7, 11) is 0. The maximum Gasteiger partial charge on any atom is 0.328 e. The monoisotopic (exact) mass is 298 g/mol. The van der Waals surface area contributed by atoms with Gasteiger partial charge in [-0.2, -0.15) is 0 Å². The van der Waals surface area contributed by atoms with Crippen molar-refractivity contribution in [1.29, 1.82) is 0 Å². The van der Waals surface area contributed by atoms with E-state index >= 15 is 0 Å². The van der Waals surface area contributed by atoms with Crippen LogP contribution in [0.25, 0.3) is 0 Å². The molecule has 0 aliphatic heterocycles. The standard InChI is InChI=1S/C20H26O2/c1-15(8-6-9-16(2)14-19(21)22)11-12-18-17(3)10-7-13-20(18,4)5/h6-9,11-14H,10H2,1-5H3,(H,21,22)/b9-6+,12-11+,15-8+,16-14+. The fraction of sp³-hybridized carbons (Fsp3) is 0.350. The first-order valence-corrected chi connectivity index (χ1v) is 7.54. The zero-order valence-electron chi connectivity index (χ0n) is 14.2. The van der Waals surface area contributed by atoms with Crippen LogP contribution in [-0.4, -0.2) is 11.1 Å². The molecule has 2 heteroatoms. The Kier molecular flexibility index (Phi) is 6.36. The van der Waals surface area contributed by atoms with Gasteiger partial charge in [0.2, 0.25) is 0 Å². The molecule has 0 aromatic heterocycles. The minimum atomic E-state index is -0.919. The normalized spacial score (nSPS) is 19.5. The minimum absolute atomic E-state index is 0.0791. The molecule has 1 aliphatic rings. The van der Waals surface area contributed by atoms with Gasteiger partial charge in [0.25, 0.3) is 0 Å². The Balaban J connectivity index is 2.80. The molecule has 118 valence electrons. The van der Waals surface area contributed by atoms with Crippen LogP contribution in [0.15, 0.2) is 70.9 Å². The molecule has 0 unspecified atom stereocenters. The Bertz CT molecular complexity index is 606. The first kappa shape index (κ1) is 18.0. The highest BCUT2D eigenvalue weighted by Crippen LogP contribution is 2.36. The molecule has 0 fully saturated rings. The molecule has 22 heavy (non-hydrogen) atoms. The van der Waals surface area contributed by atoms with E-state index in [0.717, 1.165) is 17.6 Å². The molecule has 0 bridgehead atoms. The van der Waals surface area contributed by atoms with Crippen molar-refractivity contribution < 1.29 is 9.90 Å². The van der Waals surface area contributed by atoms with Crippen molar-refractivity contribution in [3.63, 3.8) is 0 Å². The van der Waals surface area contributed by atoms with Crippen LogP contribution in [-0.2, 0) is 4.79 Å². The Morgan fingerprint density at radius 3 is 2.50 bits per heavy atom. The van der Waals surface area contributed by atoms with E-state index < -0.39 is 5.97 Å². The number of hydrogen-bond donors (Lipinski definition) is 1. The molecule has 1 rings (SSSR count). The van der Waals surface area contributed by atoms with E-state index in [9.17, 15) is 4.79 Å². The summed E-state index contributed by atoms with van der Waals surface area (Å²) < 4.78 is 0. The lowest BCUT2D eigenvalue weighted by Gasteiger charge is -2.28. The summed E-state index contributed by atoms with van der Waals surface area (Å²) in [5.41, 5.74) is 4.71. The third-order valence-electron chi connectivity index (χ3n) is 3.69. The van der Waals surface area contributed by atoms with Gasteiger partial charge in [-0.1, -0.05) is 67.5 Å². The summed E-state index contributed by atoms with van der Waals surface area (Å²) in [6, 6.07) is 0. The summed E-state index contributed by atoms with van der Waals surface area (Å²) in [4.78, 5) is 10.5. The number of carbonyl (C=O) groups is 1. The van der Waals surface area contributed by atoms with Crippen LogP contribution in [0.2, 0.25) is 0 Å². The quantitative estimate of drug-likeness (QED) is 0.420. The number of aliphatic carboxylic acids is 1. The molecule has 0 spiro atoms. The molecule has 0 atom stereocenters. The summed E-state index contributed by atoms with van der Waals surface area (Å²) in [6.07, 6.45) is 16.7. The molecular weight excluding hydrogens is 272 g/mol. The van der Waals surface area contributed by atoms with E-state index in [-0.39, 0.29) is 5.41 Å². The van der Waals surface area contributed by atoms with Crippen molar-refractivity contribution in [3.8, 4) is 0 Å². The zero-order chi connectivity index (χ0) is 16.8. The summed E-state index contributed by atoms with van der Waals surface area (Å²) in [5, 5.41) is 8.65. The molecule has 1 N–H and O–H groups in total. The molecule has 0 aromatic rings. The maximum atomic E-state index is 10.5. The topological polar surface area (TPSA) is 37.3 Å². The van der Waals surface area contributed by atoms with Crippen molar-refractivity contribution >= 4 is 5.97 Å². The average molecular weight is 298 g/mol. The second-order valence-electron chi connectivity index (χ2n) is 6.35. The van der Waals surface area contributed by atoms with Gasteiger partial charge in [-0.15, -0.1) is 0 Å². The number of allylic oxidation sites excluding steroid dienone is 11. The van der Waals surface area contributed by atoms with Crippen LogP contribution in [0.4, 0.5) is 0 Å². The van der Waals surface area contributed by atoms with Gasteiger partial charge in [-0.05, 0) is 38.3 Å². The predicted octanol–water partition coefficient (Wildman–Crippen LogP) is 5.38. The Morgan fingerprint density at radius 2 is 1.91 bits per heavy atom. The molecule has 0 amide bonds. The van der Waals surface area contributed by atoms with E-state index in [1.54, 1.807) is 13.0 Å². The second kappa shape index (κ2) is 7.79. The van der Waals surface area contributed by atoms with Gasteiger partial charge in [0, 0.05) is 11.5 Å². The summed E-state index contributed by atoms with van der Waals surface area (Å²) in [6.45, 7) is 10.5. The van der Waals surface area contributed by atoms with Crippen LogP contribution < -0.4 is 0 Å². The van der Waals surface area contributed by atoms with E-state index in [2.05, 4.69) is 45.1 Å². The number of hydrogen-bond acceptors (Lipinski definition) is 1. The second-order valence-corrected chi connectivity index (χ2v) is 6.35. The smallest absolute Gasteiger partial charge is 0.328 e. The first-order valence-electron chi connectivity index (χ1n) is 7.54. The van der Waals surface area contributed by atoms with Crippen molar-refractivity contribution in [2.75, 3.05) is 0 Å². The van der Waals surface area contributed by atoms with E-state index in [1.165, 1.54) is 17.2 Å². The van der Waals surface area contributed by atoms with E-state index in [1.807, 2.05) is 19.1 Å². The molecular formula is C20H26O2. The van der Waals surface area contributed by atoms with E-state index in [0.29, 0.717) is 0 Å². The molecule has 2 nitrogen and oxygen atoms in total.